The fourth-order valence-corrected chi connectivity index (χ4v) is 1.58. The van der Waals surface area contributed by atoms with Crippen LogP contribution in [0.4, 0.5) is 0 Å². The Morgan fingerprint density at radius 2 is 2.12 bits per heavy atom. The summed E-state index contributed by atoms with van der Waals surface area (Å²) in [7, 11) is 0. The van der Waals surface area contributed by atoms with Crippen molar-refractivity contribution >= 4 is 5.84 Å². The molecule has 0 aromatic rings. The van der Waals surface area contributed by atoms with Gasteiger partial charge in [-0.25, -0.2) is 0 Å². The third-order valence-electron chi connectivity index (χ3n) is 2.25. The zero-order valence-electron chi connectivity index (χ0n) is 11.6. The van der Waals surface area contributed by atoms with Crippen LogP contribution in [-0.4, -0.2) is 11.9 Å². The Hall–Kier alpha value is -1.57. The van der Waals surface area contributed by atoms with Gasteiger partial charge in [-0.2, -0.15) is 0 Å². The molecule has 1 rings (SSSR count). The molecule has 1 heterocycles. The molecule has 1 aliphatic rings. The summed E-state index contributed by atoms with van der Waals surface area (Å²) in [6.45, 7) is 13.8. The molecule has 1 N–H and O–H groups in total. The zero-order valence-corrected chi connectivity index (χ0v) is 11.6. The summed E-state index contributed by atoms with van der Waals surface area (Å²) in [4.78, 5) is 4.48. The van der Waals surface area contributed by atoms with Gasteiger partial charge in [-0.1, -0.05) is 44.7 Å². The Labute approximate surface area is 106 Å². The fraction of sp³-hybridized carbons (Fsp3) is 0.400. The van der Waals surface area contributed by atoms with Crippen molar-refractivity contribution in [2.45, 2.75) is 40.7 Å². The Balaban J connectivity index is 0.00000121. The van der Waals surface area contributed by atoms with E-state index in [0.717, 1.165) is 11.4 Å². The number of hydrogen-bond donors (Lipinski definition) is 1. The molecule has 0 saturated heterocycles. The van der Waals surface area contributed by atoms with Crippen LogP contribution < -0.4 is 5.32 Å². The molecule has 0 fully saturated rings. The topological polar surface area (TPSA) is 24.4 Å². The van der Waals surface area contributed by atoms with Crippen molar-refractivity contribution in [2.75, 3.05) is 0 Å². The Bertz CT molecular complexity index is 357. The van der Waals surface area contributed by atoms with E-state index < -0.39 is 0 Å². The average Bonchev–Trinajstić information content (AvgIpc) is 2.32. The summed E-state index contributed by atoms with van der Waals surface area (Å²) in [6, 6.07) is 0.202. The smallest absolute Gasteiger partial charge is 0.0978 e. The monoisotopic (exact) mass is 232 g/mol. The second-order valence-electron chi connectivity index (χ2n) is 3.49. The maximum atomic E-state index is 4.48. The molecule has 2 nitrogen and oxygen atoms in total. The van der Waals surface area contributed by atoms with Gasteiger partial charge in [0.05, 0.1) is 11.9 Å². The van der Waals surface area contributed by atoms with Gasteiger partial charge in [-0.05, 0) is 31.9 Å². The molecular weight excluding hydrogens is 208 g/mol. The molecule has 0 bridgehead atoms. The normalized spacial score (nSPS) is 19.8. The van der Waals surface area contributed by atoms with Gasteiger partial charge in [0.2, 0.25) is 0 Å². The van der Waals surface area contributed by atoms with Crippen molar-refractivity contribution in [3.63, 3.8) is 0 Å². The number of rotatable bonds is 3. The molecule has 2 heteroatoms. The molecule has 0 spiro atoms. The highest BCUT2D eigenvalue weighted by Crippen LogP contribution is 2.20. The van der Waals surface area contributed by atoms with E-state index in [1.807, 2.05) is 46.0 Å². The molecule has 0 amide bonds. The number of amidine groups is 1. The van der Waals surface area contributed by atoms with E-state index in [1.54, 1.807) is 6.08 Å². The van der Waals surface area contributed by atoms with E-state index >= 15 is 0 Å². The minimum Gasteiger partial charge on any atom is -0.350 e. The van der Waals surface area contributed by atoms with Crippen LogP contribution in [0.15, 0.2) is 53.2 Å². The summed E-state index contributed by atoms with van der Waals surface area (Å²) in [5.41, 5.74) is 2.35. The van der Waals surface area contributed by atoms with Crippen LogP contribution in [0.1, 0.15) is 34.6 Å². The van der Waals surface area contributed by atoms with E-state index in [0.29, 0.717) is 0 Å². The molecule has 1 aliphatic heterocycles. The molecule has 0 aliphatic carbocycles. The fourth-order valence-electron chi connectivity index (χ4n) is 1.58. The van der Waals surface area contributed by atoms with Crippen molar-refractivity contribution < 1.29 is 0 Å². The lowest BCUT2D eigenvalue weighted by Gasteiger charge is -2.19. The number of nitrogens with one attached hydrogen (secondary N) is 1. The quantitative estimate of drug-likeness (QED) is 0.731. The molecule has 17 heavy (non-hydrogen) atoms. The SMILES string of the molecule is C=C/C=C(\C=C/C)C1=CNC(C)=NC1C.CC. The highest BCUT2D eigenvalue weighted by molar-refractivity contribution is 5.82. The van der Waals surface area contributed by atoms with Gasteiger partial charge in [0.1, 0.15) is 0 Å². The molecule has 0 aromatic carbocycles. The lowest BCUT2D eigenvalue weighted by molar-refractivity contribution is 0.834. The van der Waals surface area contributed by atoms with Crippen LogP contribution in [0.5, 0.6) is 0 Å². The average molecular weight is 232 g/mol. The third kappa shape index (κ3) is 4.85. The summed E-state index contributed by atoms with van der Waals surface area (Å²) < 4.78 is 0. The van der Waals surface area contributed by atoms with Gasteiger partial charge in [0, 0.05) is 6.20 Å². The number of hydrogen-bond acceptors (Lipinski definition) is 2. The van der Waals surface area contributed by atoms with Crippen molar-refractivity contribution in [1.82, 2.24) is 5.32 Å². The lowest BCUT2D eigenvalue weighted by Crippen LogP contribution is -2.24. The second kappa shape index (κ2) is 8.57. The van der Waals surface area contributed by atoms with Crippen LogP contribution in [0.2, 0.25) is 0 Å². The first-order valence-electron chi connectivity index (χ1n) is 6.15. The molecule has 0 radical (unpaired) electrons. The first-order chi connectivity index (χ1) is 8.19. The zero-order chi connectivity index (χ0) is 13.3. The maximum absolute atomic E-state index is 4.48. The first-order valence-corrected chi connectivity index (χ1v) is 6.15. The lowest BCUT2D eigenvalue weighted by atomic mass is 9.99. The Kier molecular flexibility index (Phi) is 7.78. The van der Waals surface area contributed by atoms with E-state index in [-0.39, 0.29) is 6.04 Å². The standard InChI is InChI=1S/C13H18N2.C2H6/c1-5-7-12(8-6-2)13-9-14-11(4)15-10(13)3;1-2/h5-10H,1H2,2-4H3,(H,14,15);1-2H3/b8-6-,12-7+;. The van der Waals surface area contributed by atoms with Gasteiger partial charge in [-0.3, -0.25) is 4.99 Å². The number of aliphatic imine (C=N–C) groups is 1. The molecule has 1 unspecified atom stereocenters. The summed E-state index contributed by atoms with van der Waals surface area (Å²) in [5, 5.41) is 3.14. The van der Waals surface area contributed by atoms with Gasteiger partial charge >= 0.3 is 0 Å². The van der Waals surface area contributed by atoms with Crippen molar-refractivity contribution in [3.8, 4) is 0 Å². The molecule has 0 aromatic heterocycles. The van der Waals surface area contributed by atoms with Crippen molar-refractivity contribution in [2.24, 2.45) is 4.99 Å². The maximum Gasteiger partial charge on any atom is 0.0978 e. The predicted octanol–water partition coefficient (Wildman–Crippen LogP) is 4.00. The molecular formula is C15H24N2. The molecule has 1 atom stereocenters. The Morgan fingerprint density at radius 1 is 1.47 bits per heavy atom. The number of allylic oxidation sites excluding steroid dienone is 4. The highest BCUT2D eigenvalue weighted by atomic mass is 15.0. The Morgan fingerprint density at radius 3 is 2.59 bits per heavy atom. The van der Waals surface area contributed by atoms with Crippen LogP contribution in [-0.2, 0) is 0 Å². The van der Waals surface area contributed by atoms with Crippen LogP contribution >= 0.6 is 0 Å². The van der Waals surface area contributed by atoms with Crippen LogP contribution in [0.3, 0.4) is 0 Å². The van der Waals surface area contributed by atoms with Crippen LogP contribution in [0.25, 0.3) is 0 Å². The number of nitrogens with zero attached hydrogens (tertiary/aromatic N) is 1. The summed E-state index contributed by atoms with van der Waals surface area (Å²) in [5.74, 6) is 0.963. The van der Waals surface area contributed by atoms with E-state index in [1.165, 1.54) is 5.57 Å². The summed E-state index contributed by atoms with van der Waals surface area (Å²) in [6.07, 6.45) is 9.91. The van der Waals surface area contributed by atoms with E-state index in [9.17, 15) is 0 Å². The van der Waals surface area contributed by atoms with Crippen molar-refractivity contribution in [3.05, 3.63) is 48.2 Å². The van der Waals surface area contributed by atoms with E-state index in [2.05, 4.69) is 29.9 Å². The van der Waals surface area contributed by atoms with Crippen LogP contribution in [0, 0.1) is 0 Å². The van der Waals surface area contributed by atoms with Gasteiger partial charge in [0.25, 0.3) is 0 Å². The summed E-state index contributed by atoms with van der Waals surface area (Å²) >= 11 is 0. The van der Waals surface area contributed by atoms with E-state index in [4.69, 9.17) is 0 Å². The van der Waals surface area contributed by atoms with Gasteiger partial charge in [-0.15, -0.1) is 0 Å². The minimum atomic E-state index is 0.202. The predicted molar refractivity (Wildman–Crippen MR) is 78.2 cm³/mol. The largest absolute Gasteiger partial charge is 0.350 e. The minimum absolute atomic E-state index is 0.202. The highest BCUT2D eigenvalue weighted by Gasteiger charge is 2.13. The van der Waals surface area contributed by atoms with Gasteiger partial charge < -0.3 is 5.32 Å². The third-order valence-corrected chi connectivity index (χ3v) is 2.25. The van der Waals surface area contributed by atoms with Gasteiger partial charge in [0.15, 0.2) is 0 Å². The van der Waals surface area contributed by atoms with Crippen molar-refractivity contribution in [1.29, 1.82) is 0 Å². The first kappa shape index (κ1) is 15.4. The molecule has 94 valence electrons. The second-order valence-corrected chi connectivity index (χ2v) is 3.49. The molecule has 0 saturated carbocycles.